The Labute approximate surface area is 268 Å². The van der Waals surface area contributed by atoms with Gasteiger partial charge in [0.05, 0.1) is 17.0 Å². The highest BCUT2D eigenvalue weighted by Crippen LogP contribution is 2.33. The fourth-order valence-electron chi connectivity index (χ4n) is 5.67. The average molecular weight is 637 g/mol. The van der Waals surface area contributed by atoms with Gasteiger partial charge in [0, 0.05) is 28.7 Å². The highest BCUT2D eigenvalue weighted by molar-refractivity contribution is 7.93. The molecule has 1 aliphatic heterocycles. The van der Waals surface area contributed by atoms with Crippen molar-refractivity contribution in [2.24, 2.45) is 4.99 Å². The first-order valence-corrected chi connectivity index (χ1v) is 17.0. The molecule has 0 spiro atoms. The number of benzene rings is 4. The van der Waals surface area contributed by atoms with Crippen LogP contribution in [0.15, 0.2) is 108 Å². The van der Waals surface area contributed by atoms with Gasteiger partial charge in [0.2, 0.25) is 10.0 Å². The predicted octanol–water partition coefficient (Wildman–Crippen LogP) is 6.51. The van der Waals surface area contributed by atoms with Gasteiger partial charge in [-0.3, -0.25) is 14.4 Å². The number of aromatic amines is 1. The number of nitrogens with one attached hydrogen (secondary N) is 2. The highest BCUT2D eigenvalue weighted by Gasteiger charge is 2.22. The number of piperidine rings is 1. The van der Waals surface area contributed by atoms with E-state index in [0.29, 0.717) is 22.2 Å². The van der Waals surface area contributed by atoms with E-state index in [9.17, 15) is 18.3 Å². The lowest BCUT2D eigenvalue weighted by Crippen LogP contribution is -2.28. The minimum Gasteiger partial charge on any atom is -0.494 e. The molecular weight excluding hydrogens is 600 g/mol. The number of aliphatic imine (C=N–C) groups is 1. The topological polar surface area (TPSA) is 124 Å². The molecule has 1 saturated heterocycles. The number of carbonyl (C=O) groups excluding carboxylic acids is 1. The van der Waals surface area contributed by atoms with Crippen LogP contribution in [0.1, 0.15) is 41.5 Å². The first-order valence-electron chi connectivity index (χ1n) is 15.3. The van der Waals surface area contributed by atoms with Crippen LogP contribution < -0.4 is 4.72 Å². The van der Waals surface area contributed by atoms with Gasteiger partial charge in [0.25, 0.3) is 0 Å². The number of H-pyrrole nitrogens is 1. The third kappa shape index (κ3) is 7.82. The van der Waals surface area contributed by atoms with Gasteiger partial charge in [0.1, 0.15) is 6.61 Å². The Kier molecular flexibility index (Phi) is 9.46. The monoisotopic (exact) mass is 636 g/mol. The number of aromatic nitrogens is 1. The Bertz CT molecular complexity index is 1930. The van der Waals surface area contributed by atoms with Gasteiger partial charge >= 0.3 is 5.97 Å². The lowest BCUT2D eigenvalue weighted by Gasteiger charge is -2.26. The lowest BCUT2D eigenvalue weighted by molar-refractivity contribution is -0.141. The molecule has 1 fully saturated rings. The number of likely N-dealkylation sites (tertiary alicyclic amines) is 1. The smallest absolute Gasteiger partial charge is 0.323 e. The summed E-state index contributed by atoms with van der Waals surface area (Å²) in [6.07, 6.45) is 3.77. The normalized spacial score (nSPS) is 14.3. The number of aromatic hydroxyl groups is 1. The van der Waals surface area contributed by atoms with E-state index in [-0.39, 0.29) is 18.2 Å². The number of rotatable bonds is 11. The zero-order valence-corrected chi connectivity index (χ0v) is 26.2. The fraction of sp³-hybridized carbons (Fsp3) is 0.222. The van der Waals surface area contributed by atoms with Gasteiger partial charge in [-0.05, 0) is 67.4 Å². The van der Waals surface area contributed by atoms with E-state index < -0.39 is 21.7 Å². The van der Waals surface area contributed by atoms with Crippen molar-refractivity contribution >= 4 is 44.0 Å². The second-order valence-electron chi connectivity index (χ2n) is 11.4. The number of carbonyl (C=O) groups is 1. The number of hydrogen-bond acceptors (Lipinski definition) is 7. The molecule has 46 heavy (non-hydrogen) atoms. The number of fused-ring (bicyclic) bond motifs is 1. The van der Waals surface area contributed by atoms with Crippen LogP contribution in [0.25, 0.3) is 10.9 Å². The van der Waals surface area contributed by atoms with E-state index in [2.05, 4.69) is 26.7 Å². The van der Waals surface area contributed by atoms with Gasteiger partial charge in [-0.15, -0.1) is 0 Å². The number of sulfonamides is 1. The Morgan fingerprint density at radius 1 is 0.870 bits per heavy atom. The number of nitrogens with zero attached hydrogens (tertiary/aromatic N) is 2. The zero-order valence-electron chi connectivity index (χ0n) is 25.4. The van der Waals surface area contributed by atoms with Crippen LogP contribution in [0, 0.1) is 0 Å². The molecule has 1 aliphatic rings. The predicted molar refractivity (Wildman–Crippen MR) is 181 cm³/mol. The molecule has 5 aromatic rings. The number of ether oxygens (including phenoxy) is 1. The summed E-state index contributed by atoms with van der Waals surface area (Å²) in [5.41, 5.74) is 5.27. The first-order chi connectivity index (χ1) is 22.3. The van der Waals surface area contributed by atoms with Crippen molar-refractivity contribution in [3.8, 4) is 5.88 Å². The van der Waals surface area contributed by atoms with Crippen LogP contribution in [-0.4, -0.2) is 53.9 Å². The summed E-state index contributed by atoms with van der Waals surface area (Å²) in [4.78, 5) is 22.8. The Morgan fingerprint density at radius 2 is 1.57 bits per heavy atom. The van der Waals surface area contributed by atoms with Crippen LogP contribution in [-0.2, 0) is 32.7 Å². The van der Waals surface area contributed by atoms with E-state index >= 15 is 0 Å². The second kappa shape index (κ2) is 14.0. The SMILES string of the molecule is O=C(CS(=O)(=O)Nc1ccc2[nH]c(O)c(C(=Nc3ccc(CN4CCCCC4)cc3)c3ccccc3)c2c1)OCc1ccccc1. The van der Waals surface area contributed by atoms with Crippen LogP contribution in [0.5, 0.6) is 5.88 Å². The molecule has 0 radical (unpaired) electrons. The summed E-state index contributed by atoms with van der Waals surface area (Å²) in [6.45, 7) is 3.13. The van der Waals surface area contributed by atoms with Gasteiger partial charge in [-0.2, -0.15) is 0 Å². The lowest BCUT2D eigenvalue weighted by atomic mass is 10.0. The fourth-order valence-corrected chi connectivity index (χ4v) is 6.62. The second-order valence-corrected chi connectivity index (χ2v) is 13.2. The highest BCUT2D eigenvalue weighted by atomic mass is 32.2. The molecule has 0 bridgehead atoms. The molecule has 6 rings (SSSR count). The van der Waals surface area contributed by atoms with Crippen molar-refractivity contribution in [1.29, 1.82) is 0 Å². The maximum atomic E-state index is 12.9. The summed E-state index contributed by atoms with van der Waals surface area (Å²) in [6, 6.07) is 31.5. The molecule has 0 atom stereocenters. The molecule has 0 aliphatic carbocycles. The Hall–Kier alpha value is -4.93. The van der Waals surface area contributed by atoms with Crippen molar-refractivity contribution in [3.05, 3.63) is 125 Å². The van der Waals surface area contributed by atoms with Crippen molar-refractivity contribution in [1.82, 2.24) is 9.88 Å². The summed E-state index contributed by atoms with van der Waals surface area (Å²) < 4.78 is 33.4. The number of hydrogen-bond donors (Lipinski definition) is 3. The standard InChI is InChI=1S/C36H36N4O5S/c41-33(45-24-27-10-4-1-5-11-27)25-46(43,44)39-30-18-19-32-31(22-30)34(36(42)38-32)35(28-12-6-2-7-13-28)37-29-16-14-26(15-17-29)23-40-20-8-3-9-21-40/h1-2,4-7,10-19,22,38-39,42H,3,8-9,20-21,23-25H2. The number of anilines is 1. The molecule has 3 N–H and O–H groups in total. The van der Waals surface area contributed by atoms with Gasteiger partial charge < -0.3 is 14.8 Å². The van der Waals surface area contributed by atoms with Crippen molar-refractivity contribution in [2.45, 2.75) is 32.4 Å². The van der Waals surface area contributed by atoms with E-state index in [1.54, 1.807) is 30.3 Å². The summed E-state index contributed by atoms with van der Waals surface area (Å²) in [7, 11) is -4.08. The maximum absolute atomic E-state index is 12.9. The van der Waals surface area contributed by atoms with Crippen molar-refractivity contribution < 1.29 is 23.1 Å². The van der Waals surface area contributed by atoms with E-state index in [0.717, 1.165) is 36.4 Å². The number of esters is 1. The molecule has 0 amide bonds. The quantitative estimate of drug-likeness (QED) is 0.112. The molecule has 0 unspecified atom stereocenters. The van der Waals surface area contributed by atoms with Gasteiger partial charge in [0.15, 0.2) is 11.6 Å². The van der Waals surface area contributed by atoms with E-state index in [1.807, 2.05) is 60.7 Å². The zero-order chi connectivity index (χ0) is 31.9. The van der Waals surface area contributed by atoms with Crippen molar-refractivity contribution in [2.75, 3.05) is 23.6 Å². The largest absolute Gasteiger partial charge is 0.494 e. The molecule has 2 heterocycles. The molecule has 4 aromatic carbocycles. The molecular formula is C36H36N4O5S. The van der Waals surface area contributed by atoms with Crippen LogP contribution in [0.4, 0.5) is 11.4 Å². The minimum atomic E-state index is -4.08. The van der Waals surface area contributed by atoms with Crippen LogP contribution in [0.2, 0.25) is 0 Å². The molecule has 1 aromatic heterocycles. The first kappa shape index (κ1) is 31.1. The molecule has 236 valence electrons. The van der Waals surface area contributed by atoms with Crippen LogP contribution in [0.3, 0.4) is 0 Å². The minimum absolute atomic E-state index is 0.0179. The van der Waals surface area contributed by atoms with Gasteiger partial charge in [-0.25, -0.2) is 13.4 Å². The Morgan fingerprint density at radius 3 is 2.28 bits per heavy atom. The van der Waals surface area contributed by atoms with E-state index in [4.69, 9.17) is 9.73 Å². The average Bonchev–Trinajstić information content (AvgIpc) is 3.39. The summed E-state index contributed by atoms with van der Waals surface area (Å²) in [5.74, 6) is -1.80. The maximum Gasteiger partial charge on any atom is 0.323 e. The Balaban J connectivity index is 1.26. The summed E-state index contributed by atoms with van der Waals surface area (Å²) >= 11 is 0. The third-order valence-electron chi connectivity index (χ3n) is 7.92. The van der Waals surface area contributed by atoms with Crippen LogP contribution >= 0.6 is 0 Å². The van der Waals surface area contributed by atoms with Gasteiger partial charge in [-0.1, -0.05) is 79.2 Å². The molecule has 9 nitrogen and oxygen atoms in total. The molecule has 0 saturated carbocycles. The van der Waals surface area contributed by atoms with Crippen molar-refractivity contribution in [3.63, 3.8) is 0 Å². The van der Waals surface area contributed by atoms with E-state index in [1.165, 1.54) is 24.8 Å². The third-order valence-corrected chi connectivity index (χ3v) is 9.08. The summed E-state index contributed by atoms with van der Waals surface area (Å²) in [5, 5.41) is 11.7. The molecule has 10 heteroatoms.